The van der Waals surface area contributed by atoms with E-state index in [1.807, 2.05) is 23.1 Å². The van der Waals surface area contributed by atoms with Crippen molar-refractivity contribution in [2.24, 2.45) is 5.92 Å². The van der Waals surface area contributed by atoms with Crippen LogP contribution < -0.4 is 10.1 Å². The molecule has 1 N–H and O–H groups in total. The van der Waals surface area contributed by atoms with E-state index in [2.05, 4.69) is 17.3 Å². The van der Waals surface area contributed by atoms with Crippen LogP contribution in [-0.2, 0) is 11.3 Å². The van der Waals surface area contributed by atoms with E-state index in [-0.39, 0.29) is 0 Å². The summed E-state index contributed by atoms with van der Waals surface area (Å²) in [6.45, 7) is 2.81. The molecule has 2 fully saturated rings. The number of hydrogen-bond acceptors (Lipinski definition) is 3. The minimum atomic E-state index is 0.290. The third-order valence-corrected chi connectivity index (χ3v) is 4.60. The van der Waals surface area contributed by atoms with Gasteiger partial charge in [-0.3, -0.25) is 4.79 Å². The molecule has 1 amide bonds. The maximum atomic E-state index is 12.1. The van der Waals surface area contributed by atoms with Crippen molar-refractivity contribution in [1.82, 2.24) is 10.2 Å². The molecule has 1 aliphatic carbocycles. The van der Waals surface area contributed by atoms with Crippen LogP contribution in [-0.4, -0.2) is 36.5 Å². The number of terminal acetylenes is 1. The quantitative estimate of drug-likeness (QED) is 0.819. The second kappa shape index (κ2) is 7.52. The lowest BCUT2D eigenvalue weighted by Crippen LogP contribution is -2.45. The van der Waals surface area contributed by atoms with Crippen LogP contribution in [0.4, 0.5) is 0 Å². The van der Waals surface area contributed by atoms with Gasteiger partial charge in [-0.05, 0) is 31.7 Å². The first-order valence-electron chi connectivity index (χ1n) is 8.44. The Morgan fingerprint density at radius 2 is 2.00 bits per heavy atom. The number of amides is 1. The second-order valence-electron chi connectivity index (χ2n) is 6.36. The molecule has 4 nitrogen and oxygen atoms in total. The summed E-state index contributed by atoms with van der Waals surface area (Å²) in [6, 6.07) is 8.43. The van der Waals surface area contributed by atoms with Gasteiger partial charge in [0.1, 0.15) is 12.4 Å². The van der Waals surface area contributed by atoms with Gasteiger partial charge in [-0.15, -0.1) is 6.42 Å². The molecular weight excluding hydrogens is 288 g/mol. The first kappa shape index (κ1) is 15.9. The Kier molecular flexibility index (Phi) is 5.19. The summed E-state index contributed by atoms with van der Waals surface area (Å²) in [4.78, 5) is 14.1. The van der Waals surface area contributed by atoms with Crippen molar-refractivity contribution in [3.8, 4) is 18.1 Å². The highest BCUT2D eigenvalue weighted by Gasteiger charge is 2.34. The van der Waals surface area contributed by atoms with Crippen LogP contribution in [0.2, 0.25) is 0 Å². The number of nitrogens with one attached hydrogen (secondary N) is 1. The molecule has 1 heterocycles. The minimum absolute atomic E-state index is 0.290. The van der Waals surface area contributed by atoms with E-state index in [1.54, 1.807) is 0 Å². The molecule has 0 atom stereocenters. The van der Waals surface area contributed by atoms with Crippen LogP contribution in [0, 0.1) is 18.3 Å². The van der Waals surface area contributed by atoms with Crippen molar-refractivity contribution in [2.75, 3.05) is 19.7 Å². The number of carbonyl (C=O) groups excluding carboxylic acids is 1. The van der Waals surface area contributed by atoms with E-state index in [4.69, 9.17) is 11.2 Å². The van der Waals surface area contributed by atoms with Crippen LogP contribution >= 0.6 is 0 Å². The predicted octanol–water partition coefficient (Wildman–Crippen LogP) is 2.19. The number of ether oxygens (including phenoxy) is 1. The average molecular weight is 312 g/mol. The normalized spacial score (nSPS) is 18.5. The molecule has 0 spiro atoms. The van der Waals surface area contributed by atoms with Crippen molar-refractivity contribution >= 4 is 5.91 Å². The lowest BCUT2D eigenvalue weighted by atomic mass is 10.0. The van der Waals surface area contributed by atoms with Crippen molar-refractivity contribution in [3.05, 3.63) is 29.8 Å². The topological polar surface area (TPSA) is 41.6 Å². The summed E-state index contributed by atoms with van der Waals surface area (Å²) >= 11 is 0. The molecule has 0 radical (unpaired) electrons. The number of benzene rings is 1. The molecule has 1 aromatic rings. The third-order valence-electron chi connectivity index (χ3n) is 4.60. The number of rotatable bonds is 6. The largest absolute Gasteiger partial charge is 0.481 e. The molecule has 1 aliphatic heterocycles. The minimum Gasteiger partial charge on any atom is -0.481 e. The molecule has 3 rings (SSSR count). The van der Waals surface area contributed by atoms with Crippen molar-refractivity contribution < 1.29 is 9.53 Å². The summed E-state index contributed by atoms with van der Waals surface area (Å²) in [7, 11) is 0. The Bertz CT molecular complexity index is 581. The SMILES string of the molecule is C#CCOc1ccccc1CNC1CCN(C(=O)C2CC2)CC1. The first-order chi connectivity index (χ1) is 11.3. The number of piperidine rings is 1. The van der Waals surface area contributed by atoms with E-state index in [0.29, 0.717) is 24.5 Å². The zero-order valence-electron chi connectivity index (χ0n) is 13.5. The van der Waals surface area contributed by atoms with Gasteiger partial charge in [0.05, 0.1) is 0 Å². The van der Waals surface area contributed by atoms with Gasteiger partial charge in [-0.1, -0.05) is 24.1 Å². The number of nitrogens with zero attached hydrogens (tertiary/aromatic N) is 1. The Labute approximate surface area is 138 Å². The van der Waals surface area contributed by atoms with E-state index in [9.17, 15) is 4.79 Å². The molecular formula is C19H24N2O2. The predicted molar refractivity (Wildman–Crippen MR) is 89.9 cm³/mol. The van der Waals surface area contributed by atoms with Gasteiger partial charge in [-0.25, -0.2) is 0 Å². The van der Waals surface area contributed by atoms with Gasteiger partial charge in [0.25, 0.3) is 0 Å². The van der Waals surface area contributed by atoms with Gasteiger partial charge in [0.15, 0.2) is 0 Å². The highest BCUT2D eigenvalue weighted by atomic mass is 16.5. The Hall–Kier alpha value is -1.99. The molecule has 4 heteroatoms. The Morgan fingerprint density at radius 1 is 1.26 bits per heavy atom. The third kappa shape index (κ3) is 4.27. The zero-order valence-corrected chi connectivity index (χ0v) is 13.5. The van der Waals surface area contributed by atoms with Crippen LogP contribution in [0.3, 0.4) is 0 Å². The van der Waals surface area contributed by atoms with E-state index >= 15 is 0 Å². The fourth-order valence-electron chi connectivity index (χ4n) is 3.06. The van der Waals surface area contributed by atoms with E-state index < -0.39 is 0 Å². The molecule has 1 saturated heterocycles. The molecule has 1 saturated carbocycles. The average Bonchev–Trinajstić information content (AvgIpc) is 3.44. The highest BCUT2D eigenvalue weighted by molar-refractivity contribution is 5.81. The molecule has 0 bridgehead atoms. The van der Waals surface area contributed by atoms with Gasteiger partial charge < -0.3 is 15.0 Å². The second-order valence-corrected chi connectivity index (χ2v) is 6.36. The summed E-state index contributed by atoms with van der Waals surface area (Å²) < 4.78 is 5.58. The van der Waals surface area contributed by atoms with Crippen LogP contribution in [0.1, 0.15) is 31.2 Å². The molecule has 122 valence electrons. The summed E-state index contributed by atoms with van der Waals surface area (Å²) in [5.74, 6) is 4.05. The number of hydrogen-bond donors (Lipinski definition) is 1. The molecule has 0 unspecified atom stereocenters. The summed E-state index contributed by atoms with van der Waals surface area (Å²) in [5, 5.41) is 3.59. The summed E-state index contributed by atoms with van der Waals surface area (Å²) in [6.07, 6.45) is 9.47. The lowest BCUT2D eigenvalue weighted by Gasteiger charge is -2.32. The van der Waals surface area contributed by atoms with E-state index in [1.165, 1.54) is 0 Å². The standard InChI is InChI=1S/C19H24N2O2/c1-2-13-23-18-6-4-3-5-16(18)14-20-17-9-11-21(12-10-17)19(22)15-7-8-15/h1,3-6,15,17,20H,7-14H2. The van der Waals surface area contributed by atoms with Gasteiger partial charge >= 0.3 is 0 Å². The summed E-state index contributed by atoms with van der Waals surface area (Å²) in [5.41, 5.74) is 1.12. The monoisotopic (exact) mass is 312 g/mol. The first-order valence-corrected chi connectivity index (χ1v) is 8.44. The highest BCUT2D eigenvalue weighted by Crippen LogP contribution is 2.32. The number of carbonyl (C=O) groups is 1. The molecule has 1 aromatic carbocycles. The van der Waals surface area contributed by atoms with Gasteiger partial charge in [0.2, 0.25) is 5.91 Å². The maximum absolute atomic E-state index is 12.1. The van der Waals surface area contributed by atoms with Crippen molar-refractivity contribution in [1.29, 1.82) is 0 Å². The zero-order chi connectivity index (χ0) is 16.1. The molecule has 2 aliphatic rings. The Balaban J connectivity index is 1.46. The fourth-order valence-corrected chi connectivity index (χ4v) is 3.06. The maximum Gasteiger partial charge on any atom is 0.225 e. The smallest absolute Gasteiger partial charge is 0.225 e. The van der Waals surface area contributed by atoms with Gasteiger partial charge in [0, 0.05) is 37.2 Å². The number of likely N-dealkylation sites (tertiary alicyclic amines) is 1. The molecule has 23 heavy (non-hydrogen) atoms. The Morgan fingerprint density at radius 3 is 2.70 bits per heavy atom. The van der Waals surface area contributed by atoms with Crippen LogP contribution in [0.15, 0.2) is 24.3 Å². The van der Waals surface area contributed by atoms with Crippen LogP contribution in [0.25, 0.3) is 0 Å². The van der Waals surface area contributed by atoms with Crippen molar-refractivity contribution in [3.63, 3.8) is 0 Å². The van der Waals surface area contributed by atoms with Gasteiger partial charge in [-0.2, -0.15) is 0 Å². The lowest BCUT2D eigenvalue weighted by molar-refractivity contribution is -0.133. The van der Waals surface area contributed by atoms with Crippen molar-refractivity contribution in [2.45, 2.75) is 38.3 Å². The molecule has 0 aromatic heterocycles. The van der Waals surface area contributed by atoms with E-state index in [0.717, 1.165) is 56.6 Å². The fraction of sp³-hybridized carbons (Fsp3) is 0.526. The number of para-hydroxylation sites is 1. The van der Waals surface area contributed by atoms with Crippen LogP contribution in [0.5, 0.6) is 5.75 Å².